The Kier molecular flexibility index (Phi) is 45.3. The minimum Gasteiger partial charge on any atom is -0.486 e. The van der Waals surface area contributed by atoms with Crippen molar-refractivity contribution in [2.45, 2.75) is 249 Å². The summed E-state index contributed by atoms with van der Waals surface area (Å²) in [4.78, 5) is 134. The number of ether oxygens (including phenoxy) is 13. The second-order valence-electron chi connectivity index (χ2n) is 37.1. The van der Waals surface area contributed by atoms with Crippen molar-refractivity contribution in [1.29, 1.82) is 0 Å². The maximum absolute atomic E-state index is 18.2. The van der Waals surface area contributed by atoms with Crippen molar-refractivity contribution in [1.82, 2.24) is 52.2 Å². The molecule has 15 atom stereocenters. The molecule has 4 fully saturated rings. The van der Waals surface area contributed by atoms with E-state index in [0.29, 0.717) is 137 Å². The minimum atomic E-state index is -2.40. The quantitative estimate of drug-likeness (QED) is 0.0228. The van der Waals surface area contributed by atoms with Gasteiger partial charge in [0.15, 0.2) is 23.3 Å². The highest BCUT2D eigenvalue weighted by Crippen LogP contribution is 2.72. The van der Waals surface area contributed by atoms with E-state index < -0.39 is 137 Å². The number of allylic oxidation sites excluding steroid dienone is 4. The van der Waals surface area contributed by atoms with Crippen LogP contribution in [0.1, 0.15) is 187 Å². The number of hydrogen-bond acceptors (Lipinski definition) is 26. The van der Waals surface area contributed by atoms with E-state index in [0.717, 1.165) is 80.6 Å². The molecule has 7 aliphatic rings. The van der Waals surface area contributed by atoms with Crippen LogP contribution in [0.25, 0.3) is 0 Å². The number of carbonyl (C=O) groups is 10. The van der Waals surface area contributed by atoms with Crippen molar-refractivity contribution in [2.24, 2.45) is 34.3 Å². The number of aliphatic hydroxyl groups is 1. The predicted octanol–water partition coefficient (Wildman–Crippen LogP) is 5.30. The first kappa shape index (κ1) is 109. The summed E-state index contributed by atoms with van der Waals surface area (Å²) in [7, 11) is 6.21. The van der Waals surface area contributed by atoms with Gasteiger partial charge in [0.05, 0.1) is 164 Å². The molecule has 2 aromatic rings. The number of quaternary nitrogens is 1. The fourth-order valence-corrected chi connectivity index (χ4v) is 18.7. The van der Waals surface area contributed by atoms with Gasteiger partial charge >= 0.3 is 6.03 Å². The number of ketones is 2. The van der Waals surface area contributed by atoms with Crippen LogP contribution in [0.2, 0.25) is 0 Å². The zero-order valence-corrected chi connectivity index (χ0v) is 79.7. The normalized spacial score (nSPS) is 24.8. The van der Waals surface area contributed by atoms with Gasteiger partial charge in [-0.3, -0.25) is 43.2 Å². The highest BCUT2D eigenvalue weighted by Gasteiger charge is 2.80. The minimum absolute atomic E-state index is 0.0197. The number of Topliss-reactive ketones (excluding diaryl/α,β-unsaturated/α-hetero) is 1. The first-order valence-electron chi connectivity index (χ1n) is 48.1. The van der Waals surface area contributed by atoms with Gasteiger partial charge in [0.2, 0.25) is 47.1 Å². The van der Waals surface area contributed by atoms with Gasteiger partial charge in [0.25, 0.3) is 0 Å². The number of aliphatic hydroxyl groups excluding tert-OH is 1. The number of carbonyl (C=O) groups excluding carboxylic acids is 10. The highest BCUT2D eigenvalue weighted by atomic mass is 19.1. The summed E-state index contributed by atoms with van der Waals surface area (Å²) in [6.45, 7) is 14.9. The number of anilines is 1. The van der Waals surface area contributed by atoms with Gasteiger partial charge in [-0.2, -0.15) is 0 Å². The molecular weight excluding hydrogens is 1750 g/mol. The van der Waals surface area contributed by atoms with Crippen LogP contribution >= 0.6 is 0 Å². The molecule has 1 saturated heterocycles. The van der Waals surface area contributed by atoms with E-state index in [9.17, 15) is 48.3 Å². The summed E-state index contributed by atoms with van der Waals surface area (Å²) in [5, 5.41) is 43.4. The summed E-state index contributed by atoms with van der Waals surface area (Å²) >= 11 is 0. The average molecular weight is 1890 g/mol. The molecule has 0 spiro atoms. The Hall–Kier alpha value is -8.60. The smallest absolute Gasteiger partial charge is 0.312 e. The molecule has 9 amide bonds. The number of unbranched alkanes of at least 4 members (excludes halogenated alkanes) is 1. The van der Waals surface area contributed by atoms with Crippen LogP contribution in [-0.2, 0) is 113 Å². The largest absolute Gasteiger partial charge is 0.486 e. The van der Waals surface area contributed by atoms with Crippen molar-refractivity contribution < 1.29 is 128 Å². The first-order chi connectivity index (χ1) is 64.4. The number of urea groups is 1. The van der Waals surface area contributed by atoms with Gasteiger partial charge in [0, 0.05) is 61.3 Å². The molecule has 1 aromatic heterocycles. The Morgan fingerprint density at radius 1 is 0.657 bits per heavy atom. The second kappa shape index (κ2) is 55.7. The average Bonchev–Trinajstić information content (AvgIpc) is 1.49. The zero-order chi connectivity index (χ0) is 96.5. The Morgan fingerprint density at radius 3 is 1.93 bits per heavy atom. The third-order valence-electron chi connectivity index (χ3n) is 25.8. The SMILES string of the molecule is CCCC1O[C@@H]2C[C@H]3[C@@H]4C[C@H](F)C5=CC(=O)C=C[C@]5(C)[C@@]4(F)[C@@H](O)C[C@]3(C)[C@]2(C(=O)COc2ccc(NC(=O)[C@H](CCCNC(N)=O)NC(=O)[C@@H](NC(=O)[C@@H](CCCCNC(=O)COC3CCCCCc4c3nnn4CCOCCOCCOCCOCCC(=O)NCC[N+](C)(C)C)NC(=O)CCOCCOCCOCCOCCNC(=O)COC3C#CCCCCC3)C(C)C)cc2)O1. The van der Waals surface area contributed by atoms with Crippen molar-refractivity contribution in [3.63, 3.8) is 0 Å². The molecule has 11 N–H and O–H groups in total. The number of aromatic nitrogens is 3. The highest BCUT2D eigenvalue weighted by molar-refractivity contribution is 6.02. The molecule has 750 valence electrons. The topological polar surface area (TPSA) is 464 Å². The molecule has 6 aliphatic carbocycles. The summed E-state index contributed by atoms with van der Waals surface area (Å²) in [6, 6.07) is 1.50. The number of fused-ring (bicyclic) bond motifs is 8. The maximum Gasteiger partial charge on any atom is 0.312 e. The van der Waals surface area contributed by atoms with Gasteiger partial charge in [-0.25, -0.2) is 18.3 Å². The van der Waals surface area contributed by atoms with E-state index in [1.807, 2.05) is 11.6 Å². The molecule has 1 aromatic carbocycles. The third kappa shape index (κ3) is 32.8. The lowest BCUT2D eigenvalue weighted by atomic mass is 9.44. The number of rotatable bonds is 62. The molecule has 9 rings (SSSR count). The van der Waals surface area contributed by atoms with Gasteiger partial charge < -0.3 is 119 Å². The summed E-state index contributed by atoms with van der Waals surface area (Å²) in [5.41, 5.74) is 0.173. The molecule has 2 heterocycles. The molecule has 1 aliphatic heterocycles. The van der Waals surface area contributed by atoms with Crippen LogP contribution in [0, 0.1) is 40.4 Å². The van der Waals surface area contributed by atoms with Crippen LogP contribution in [0.5, 0.6) is 5.75 Å². The van der Waals surface area contributed by atoms with Crippen LogP contribution in [0.4, 0.5) is 19.3 Å². The standard InChI is InChI=1S/C95H147F2N13O24/c1-9-21-85-133-80-60-70-71-59-73(96)72-58-67(111)32-35-92(72,4)94(71,97)78(112)61-93(70,5)95(80,134-85)79(113)62-130-69-30-28-66(29-31-69)103-88(118)75(25-20-37-102-91(98)121)105-90(120)86(65(2)3)106-89(119)74(104-82(115)34-43-123-47-51-127-54-56-128-52-48-124-44-39-101-83(116)63-131-68-22-14-11-10-12-15-23-68)24-18-19-36-99-84(117)64-132-77-27-17-13-16-26-76-87(77)107-108-109(76)40-45-125-49-53-129-57-55-126-50-46-122-42-33-81(114)100-38-41-110(6,7)8/h28-32,35,58,65,68,70-71,73-75,77-78,80,85-86,112H,9-14,16-22,24-27,33-34,36-57,59-64H2,1-8H3,(H9-,98,99,100,101,102,103,104,105,106,114,115,116,117,118,119,120,121)/p+1/t68?,70-,71-,73-,74+,75-,77?,78-,80+,85?,86-,92-,93-,94-,95+/m0/s1. The number of hydrogen-bond donors (Lipinski definition) is 10. The van der Waals surface area contributed by atoms with Crippen molar-refractivity contribution in [3.8, 4) is 17.6 Å². The molecule has 3 saturated carbocycles. The van der Waals surface area contributed by atoms with Crippen molar-refractivity contribution in [2.75, 3.05) is 185 Å². The number of amides is 9. The number of alkyl halides is 2. The maximum atomic E-state index is 18.2. The number of halogens is 2. The van der Waals surface area contributed by atoms with Gasteiger partial charge in [0.1, 0.15) is 67.8 Å². The second-order valence-corrected chi connectivity index (χ2v) is 37.1. The Balaban J connectivity index is 0.741. The lowest BCUT2D eigenvalue weighted by Gasteiger charge is -2.63. The van der Waals surface area contributed by atoms with Crippen molar-refractivity contribution in [3.05, 3.63) is 59.5 Å². The van der Waals surface area contributed by atoms with Gasteiger partial charge in [-0.05, 0) is 157 Å². The lowest BCUT2D eigenvalue weighted by Crippen LogP contribution is -2.71. The van der Waals surface area contributed by atoms with Crippen molar-refractivity contribution >= 4 is 64.6 Å². The molecular formula is C95H148F2N13O24+. The van der Waals surface area contributed by atoms with Crippen LogP contribution < -0.4 is 53.0 Å². The van der Waals surface area contributed by atoms with E-state index in [1.165, 1.54) is 43.3 Å². The van der Waals surface area contributed by atoms with Crippen LogP contribution in [0.15, 0.2) is 48.1 Å². The fourth-order valence-electron chi connectivity index (χ4n) is 18.7. The van der Waals surface area contributed by atoms with E-state index in [-0.39, 0.29) is 145 Å². The molecule has 37 nitrogen and oxygen atoms in total. The third-order valence-corrected chi connectivity index (χ3v) is 25.8. The monoisotopic (exact) mass is 1890 g/mol. The number of nitrogens with two attached hydrogens (primary N) is 1. The molecule has 134 heavy (non-hydrogen) atoms. The number of nitrogens with zero attached hydrogens (tertiary/aromatic N) is 4. The summed E-state index contributed by atoms with van der Waals surface area (Å²) in [6.07, 6.45) is 8.57. The van der Waals surface area contributed by atoms with E-state index in [2.05, 4.69) is 85.8 Å². The van der Waals surface area contributed by atoms with Gasteiger partial charge in [-0.15, -0.1) is 11.0 Å². The Labute approximate surface area is 786 Å². The van der Waals surface area contributed by atoms with Crippen LogP contribution in [0.3, 0.4) is 0 Å². The first-order valence-corrected chi connectivity index (χ1v) is 48.1. The Bertz CT molecular complexity index is 4210. The fraction of sp³-hybridized carbons (Fsp3) is 0.747. The molecule has 0 radical (unpaired) electrons. The predicted molar refractivity (Wildman–Crippen MR) is 487 cm³/mol. The van der Waals surface area contributed by atoms with E-state index in [1.54, 1.807) is 20.8 Å². The molecule has 39 heteroatoms. The van der Waals surface area contributed by atoms with E-state index in [4.69, 9.17) is 67.3 Å². The molecule has 3 unspecified atom stereocenters. The van der Waals surface area contributed by atoms with E-state index >= 15 is 13.6 Å². The lowest BCUT2D eigenvalue weighted by molar-refractivity contribution is -0.869. The van der Waals surface area contributed by atoms with Gasteiger partial charge in [-0.1, -0.05) is 70.6 Å². The number of benzene rings is 1. The number of nitrogens with one attached hydrogen (secondary N) is 8. The summed E-state index contributed by atoms with van der Waals surface area (Å²) in [5.74, 6) is -0.282. The zero-order valence-electron chi connectivity index (χ0n) is 79.7. The summed E-state index contributed by atoms with van der Waals surface area (Å²) < 4.78 is 114. The number of primary amides is 1. The number of likely N-dealkylation sites (N-methyl/N-ethyl adjacent to an activating group) is 1. The molecule has 0 bridgehead atoms. The van der Waals surface area contributed by atoms with Crippen LogP contribution in [-0.4, -0.2) is 323 Å². The Morgan fingerprint density at radius 2 is 1.26 bits per heavy atom.